The maximum Gasteiger partial charge on any atom is 0.267 e. The van der Waals surface area contributed by atoms with E-state index in [1.54, 1.807) is 12.3 Å². The van der Waals surface area contributed by atoms with Gasteiger partial charge in [-0.2, -0.15) is 5.10 Å². The first-order valence-electron chi connectivity index (χ1n) is 10.4. The van der Waals surface area contributed by atoms with Crippen LogP contribution in [-0.4, -0.2) is 38.0 Å². The zero-order chi connectivity index (χ0) is 19.8. The normalized spacial score (nSPS) is 18.1. The Kier molecular flexibility index (Phi) is 4.45. The molecule has 1 aliphatic carbocycles. The van der Waals surface area contributed by atoms with Crippen molar-refractivity contribution >= 4 is 17.2 Å². The number of imidazole rings is 1. The molecule has 0 radical (unpaired) electrons. The van der Waals surface area contributed by atoms with E-state index in [4.69, 9.17) is 0 Å². The second kappa shape index (κ2) is 7.13. The van der Waals surface area contributed by atoms with E-state index in [1.165, 1.54) is 42.9 Å². The van der Waals surface area contributed by atoms with E-state index >= 15 is 0 Å². The first kappa shape index (κ1) is 18.1. The van der Waals surface area contributed by atoms with Crippen LogP contribution < -0.4 is 10.5 Å². The van der Waals surface area contributed by atoms with E-state index < -0.39 is 0 Å². The van der Waals surface area contributed by atoms with E-state index in [1.807, 2.05) is 28.9 Å². The summed E-state index contributed by atoms with van der Waals surface area (Å²) in [5.74, 6) is 0.765. The van der Waals surface area contributed by atoms with Gasteiger partial charge in [0.15, 0.2) is 5.78 Å². The van der Waals surface area contributed by atoms with Crippen molar-refractivity contribution in [3.63, 3.8) is 0 Å². The van der Waals surface area contributed by atoms with Crippen LogP contribution in [0.3, 0.4) is 0 Å². The number of aromatic nitrogens is 4. The van der Waals surface area contributed by atoms with Crippen molar-refractivity contribution in [1.82, 2.24) is 19.2 Å². The van der Waals surface area contributed by atoms with Crippen LogP contribution in [0, 0.1) is 5.41 Å². The molecule has 4 heterocycles. The molecule has 3 aromatic rings. The first-order valence-corrected chi connectivity index (χ1v) is 10.4. The summed E-state index contributed by atoms with van der Waals surface area (Å²) in [6.45, 7) is 1.98. The molecule has 3 aromatic heterocycles. The number of carbonyl (C=O) groups is 1. The van der Waals surface area contributed by atoms with E-state index in [-0.39, 0.29) is 24.3 Å². The molecule has 0 aromatic carbocycles. The predicted octanol–water partition coefficient (Wildman–Crippen LogP) is 2.47. The van der Waals surface area contributed by atoms with E-state index in [2.05, 4.69) is 15.0 Å². The van der Waals surface area contributed by atoms with Gasteiger partial charge < -0.3 is 9.30 Å². The fourth-order valence-electron chi connectivity index (χ4n) is 4.90. The highest BCUT2D eigenvalue weighted by molar-refractivity contribution is 5.80. The van der Waals surface area contributed by atoms with Crippen molar-refractivity contribution in [3.05, 3.63) is 58.8 Å². The van der Waals surface area contributed by atoms with Crippen molar-refractivity contribution in [2.45, 2.75) is 45.1 Å². The number of fused-ring (bicyclic) bond motifs is 1. The largest absolute Gasteiger partial charge is 0.355 e. The molecular formula is C22H25N5O2. The second-order valence-electron chi connectivity index (χ2n) is 8.51. The lowest BCUT2D eigenvalue weighted by Crippen LogP contribution is -2.31. The minimum Gasteiger partial charge on any atom is -0.355 e. The number of carbonyl (C=O) groups excluding carboxylic acids is 1. The summed E-state index contributed by atoms with van der Waals surface area (Å²) < 4.78 is 3.21. The molecule has 0 atom stereocenters. The molecule has 0 N–H and O–H groups in total. The first-order chi connectivity index (χ1) is 14.1. The molecule has 7 nitrogen and oxygen atoms in total. The molecule has 2 aliphatic rings. The highest BCUT2D eigenvalue weighted by Gasteiger charge is 2.40. The number of rotatable bonds is 5. The van der Waals surface area contributed by atoms with Crippen LogP contribution in [0.5, 0.6) is 0 Å². The maximum atomic E-state index is 12.6. The van der Waals surface area contributed by atoms with Crippen molar-refractivity contribution in [1.29, 1.82) is 0 Å². The molecule has 7 heteroatoms. The predicted molar refractivity (Wildman–Crippen MR) is 110 cm³/mol. The van der Waals surface area contributed by atoms with Gasteiger partial charge in [-0.1, -0.05) is 12.8 Å². The van der Waals surface area contributed by atoms with E-state index in [0.29, 0.717) is 5.41 Å². The fraction of sp³-hybridized carbons (Fsp3) is 0.455. The maximum absolute atomic E-state index is 12.6. The Bertz CT molecular complexity index is 1110. The molecule has 150 valence electrons. The van der Waals surface area contributed by atoms with Gasteiger partial charge in [-0.3, -0.25) is 9.59 Å². The third kappa shape index (κ3) is 3.57. The van der Waals surface area contributed by atoms with Gasteiger partial charge in [0.25, 0.3) is 5.56 Å². The lowest BCUT2D eigenvalue weighted by Gasteiger charge is -2.24. The zero-order valence-corrected chi connectivity index (χ0v) is 16.5. The molecule has 0 amide bonds. The molecule has 1 aliphatic heterocycles. The summed E-state index contributed by atoms with van der Waals surface area (Å²) in [6, 6.07) is 7.13. The van der Waals surface area contributed by atoms with Gasteiger partial charge in [0.05, 0.1) is 0 Å². The molecule has 29 heavy (non-hydrogen) atoms. The number of ketones is 1. The Balaban J connectivity index is 1.29. The van der Waals surface area contributed by atoms with E-state index in [0.717, 1.165) is 30.1 Å². The van der Waals surface area contributed by atoms with Crippen LogP contribution in [0.15, 0.2) is 47.7 Å². The minimum atomic E-state index is -0.236. The second-order valence-corrected chi connectivity index (χ2v) is 8.51. The van der Waals surface area contributed by atoms with Gasteiger partial charge in [-0.15, -0.1) is 0 Å². The fourth-order valence-corrected chi connectivity index (χ4v) is 4.90. The monoisotopic (exact) mass is 391 g/mol. The van der Waals surface area contributed by atoms with Crippen LogP contribution in [0.25, 0.3) is 5.65 Å². The van der Waals surface area contributed by atoms with Gasteiger partial charge >= 0.3 is 0 Å². The number of anilines is 1. The summed E-state index contributed by atoms with van der Waals surface area (Å²) >= 11 is 0. The smallest absolute Gasteiger partial charge is 0.267 e. The van der Waals surface area contributed by atoms with Crippen LogP contribution in [0.2, 0.25) is 0 Å². The topological polar surface area (TPSA) is 72.5 Å². The molecule has 1 saturated heterocycles. The van der Waals surface area contributed by atoms with Crippen molar-refractivity contribution in [3.8, 4) is 0 Å². The Morgan fingerprint density at radius 2 is 1.97 bits per heavy atom. The lowest BCUT2D eigenvalue weighted by molar-refractivity contribution is -0.119. The molecule has 0 bridgehead atoms. The molecule has 2 fully saturated rings. The average Bonchev–Trinajstić information content (AvgIpc) is 3.45. The average molecular weight is 391 g/mol. The number of nitrogens with zero attached hydrogens (tertiary/aromatic N) is 5. The van der Waals surface area contributed by atoms with Crippen LogP contribution in [0.1, 0.15) is 37.7 Å². The van der Waals surface area contributed by atoms with Crippen LogP contribution >= 0.6 is 0 Å². The van der Waals surface area contributed by atoms with Crippen molar-refractivity contribution < 1.29 is 4.79 Å². The highest BCUT2D eigenvalue weighted by atomic mass is 16.1. The number of pyridine rings is 1. The Morgan fingerprint density at radius 1 is 1.10 bits per heavy atom. The lowest BCUT2D eigenvalue weighted by atomic mass is 9.86. The minimum absolute atomic E-state index is 0.00865. The molecular weight excluding hydrogens is 366 g/mol. The van der Waals surface area contributed by atoms with Crippen molar-refractivity contribution in [2.75, 3.05) is 18.0 Å². The summed E-state index contributed by atoms with van der Waals surface area (Å²) in [5.41, 5.74) is 1.90. The summed E-state index contributed by atoms with van der Waals surface area (Å²) in [6.07, 6.45) is 12.2. The van der Waals surface area contributed by atoms with E-state index in [9.17, 15) is 9.59 Å². The van der Waals surface area contributed by atoms with Gasteiger partial charge in [0.1, 0.15) is 18.0 Å². The Hall–Kier alpha value is -2.96. The SMILES string of the molecule is O=C(Cc1ccn2ccnc2c1)Cn1nc(N2CCC3(CCCC3)C2)ccc1=O. The van der Waals surface area contributed by atoms with Gasteiger partial charge in [0.2, 0.25) is 0 Å². The quantitative estimate of drug-likeness (QED) is 0.668. The molecule has 0 unspecified atom stereocenters. The zero-order valence-electron chi connectivity index (χ0n) is 16.5. The van der Waals surface area contributed by atoms with Gasteiger partial charge in [-0.25, -0.2) is 9.67 Å². The summed E-state index contributed by atoms with van der Waals surface area (Å²) in [4.78, 5) is 31.4. The number of hydrogen-bond acceptors (Lipinski definition) is 5. The third-order valence-electron chi connectivity index (χ3n) is 6.47. The standard InChI is InChI=1S/C22H25N5O2/c28-18(13-17-5-10-25-12-9-23-20(25)14-17)15-27-21(29)4-3-19(24-27)26-11-8-22(16-26)6-1-2-7-22/h3-5,9-10,12,14H,1-2,6-8,11,13,15-16H2. The van der Waals surface area contributed by atoms with Crippen molar-refractivity contribution in [2.24, 2.45) is 5.41 Å². The van der Waals surface area contributed by atoms with Gasteiger partial charge in [-0.05, 0) is 48.4 Å². The number of Topliss-reactive ketones (excluding diaryl/α,β-unsaturated/α-hetero) is 1. The number of hydrogen-bond donors (Lipinski definition) is 0. The van der Waals surface area contributed by atoms with Crippen LogP contribution in [-0.2, 0) is 17.8 Å². The molecule has 5 rings (SSSR count). The summed E-state index contributed by atoms with van der Waals surface area (Å²) in [5, 5.41) is 4.52. The van der Waals surface area contributed by atoms with Gasteiger partial charge in [0, 0.05) is 44.2 Å². The summed E-state index contributed by atoms with van der Waals surface area (Å²) in [7, 11) is 0. The van der Waals surface area contributed by atoms with Crippen LogP contribution in [0.4, 0.5) is 5.82 Å². The molecule has 1 saturated carbocycles. The third-order valence-corrected chi connectivity index (χ3v) is 6.47. The molecule has 1 spiro atoms. The Morgan fingerprint density at radius 3 is 2.83 bits per heavy atom. The Labute approximate surface area is 169 Å². The highest BCUT2D eigenvalue weighted by Crippen LogP contribution is 2.45.